The highest BCUT2D eigenvalue weighted by Crippen LogP contribution is 2.45. The number of aliphatic imine (C=N–C) groups is 1. The number of hydrogen-bond acceptors (Lipinski definition) is 4. The quantitative estimate of drug-likeness (QED) is 0.917. The number of nitrogens with two attached hydrogens (primary N) is 1. The minimum Gasteiger partial charge on any atom is -0.470 e. The Kier molecular flexibility index (Phi) is 4.23. The van der Waals surface area contributed by atoms with Crippen molar-refractivity contribution in [2.75, 3.05) is 6.54 Å². The van der Waals surface area contributed by atoms with Gasteiger partial charge in [-0.05, 0) is 37.3 Å². The van der Waals surface area contributed by atoms with Gasteiger partial charge in [-0.3, -0.25) is 4.79 Å². The first-order valence-electron chi connectivity index (χ1n) is 8.13. The maximum absolute atomic E-state index is 12.9. The number of ketones is 1. The van der Waals surface area contributed by atoms with E-state index in [2.05, 4.69) is 13.8 Å². The van der Waals surface area contributed by atoms with Gasteiger partial charge in [-0.15, -0.1) is 0 Å². The predicted molar refractivity (Wildman–Crippen MR) is 91.7 cm³/mol. The second kappa shape index (κ2) is 5.91. The number of benzene rings is 1. The highest BCUT2D eigenvalue weighted by atomic mass is 35.5. The lowest BCUT2D eigenvalue weighted by molar-refractivity contribution is -0.137. The molecule has 0 radical (unpaired) electrons. The highest BCUT2D eigenvalue weighted by molar-refractivity contribution is 6.32. The molecule has 2 bridgehead atoms. The lowest BCUT2D eigenvalue weighted by atomic mass is 9.73. The fourth-order valence-corrected chi connectivity index (χ4v) is 3.67. The van der Waals surface area contributed by atoms with Crippen molar-refractivity contribution in [1.82, 2.24) is 0 Å². The van der Waals surface area contributed by atoms with Crippen LogP contribution in [0, 0.1) is 5.41 Å². The molecule has 0 unspecified atom stereocenters. The number of carbonyl (C=O) groups is 1. The molecule has 0 saturated heterocycles. The summed E-state index contributed by atoms with van der Waals surface area (Å²) in [7, 11) is 0. The molecule has 124 valence electrons. The van der Waals surface area contributed by atoms with Crippen molar-refractivity contribution in [3.63, 3.8) is 0 Å². The minimum absolute atomic E-state index is 0.0335. The molecule has 1 aromatic rings. The van der Waals surface area contributed by atoms with Gasteiger partial charge in [0.15, 0.2) is 17.5 Å². The summed E-state index contributed by atoms with van der Waals surface area (Å²) < 4.78 is 5.90. The summed E-state index contributed by atoms with van der Waals surface area (Å²) in [5.41, 5.74) is 5.63. The lowest BCUT2D eigenvalue weighted by Gasteiger charge is -2.42. The van der Waals surface area contributed by atoms with E-state index >= 15 is 0 Å². The Bertz CT molecular complexity index is 656. The van der Waals surface area contributed by atoms with E-state index in [1.807, 2.05) is 24.3 Å². The summed E-state index contributed by atoms with van der Waals surface area (Å²) in [5, 5.41) is 0.588. The normalized spacial score (nSPS) is 27.4. The molecule has 0 spiro atoms. The van der Waals surface area contributed by atoms with Crippen LogP contribution in [0.5, 0.6) is 0 Å². The van der Waals surface area contributed by atoms with Crippen LogP contribution in [0.15, 0.2) is 29.3 Å². The van der Waals surface area contributed by atoms with Gasteiger partial charge in [0, 0.05) is 17.0 Å². The van der Waals surface area contributed by atoms with E-state index in [0.29, 0.717) is 30.3 Å². The van der Waals surface area contributed by atoms with Crippen LogP contribution in [0.1, 0.15) is 45.1 Å². The number of fused-ring (bicyclic) bond motifs is 2. The summed E-state index contributed by atoms with van der Waals surface area (Å²) in [6.45, 7) is 4.69. The Morgan fingerprint density at radius 2 is 2.17 bits per heavy atom. The van der Waals surface area contributed by atoms with Crippen LogP contribution in [-0.2, 0) is 15.1 Å². The van der Waals surface area contributed by atoms with Gasteiger partial charge in [-0.2, -0.15) is 0 Å². The summed E-state index contributed by atoms with van der Waals surface area (Å²) in [4.78, 5) is 17.7. The van der Waals surface area contributed by atoms with E-state index in [1.165, 1.54) is 0 Å². The predicted octanol–water partition coefficient (Wildman–Crippen LogP) is 3.46. The summed E-state index contributed by atoms with van der Waals surface area (Å²) in [6, 6.07) is 7.50. The van der Waals surface area contributed by atoms with Crippen LogP contribution in [0.2, 0.25) is 5.02 Å². The average molecular weight is 335 g/mol. The smallest absolute Gasteiger partial charge is 0.205 e. The summed E-state index contributed by atoms with van der Waals surface area (Å²) in [5.74, 6) is 0.663. The summed E-state index contributed by atoms with van der Waals surface area (Å²) >= 11 is 6.39. The van der Waals surface area contributed by atoms with Gasteiger partial charge < -0.3 is 10.5 Å². The van der Waals surface area contributed by atoms with Crippen molar-refractivity contribution in [3.05, 3.63) is 34.9 Å². The number of ether oxygens (including phenoxy) is 1. The Morgan fingerprint density at radius 3 is 2.87 bits per heavy atom. The maximum Gasteiger partial charge on any atom is 0.205 e. The van der Waals surface area contributed by atoms with Gasteiger partial charge in [-0.25, -0.2) is 4.99 Å². The molecule has 23 heavy (non-hydrogen) atoms. The maximum atomic E-state index is 12.9. The molecule has 2 atom stereocenters. The average Bonchev–Trinajstić information content (AvgIpc) is 2.49. The zero-order valence-electron chi connectivity index (χ0n) is 13.6. The van der Waals surface area contributed by atoms with E-state index in [0.717, 1.165) is 18.4 Å². The Balaban J connectivity index is 2.07. The topological polar surface area (TPSA) is 64.7 Å². The van der Waals surface area contributed by atoms with Crippen LogP contribution in [0.4, 0.5) is 0 Å². The van der Waals surface area contributed by atoms with Crippen molar-refractivity contribution in [1.29, 1.82) is 0 Å². The molecule has 1 aliphatic carbocycles. The molecule has 2 aliphatic rings. The SMILES string of the molecule is CC(C)(CN)CC1=N[C@@]2(c3ccccc3Cl)CCC[C@@H](O1)C2=O. The number of rotatable bonds is 4. The zero-order chi connectivity index (χ0) is 16.7. The zero-order valence-corrected chi connectivity index (χ0v) is 14.4. The fraction of sp³-hybridized carbons (Fsp3) is 0.556. The van der Waals surface area contributed by atoms with Gasteiger partial charge in [0.25, 0.3) is 0 Å². The number of hydrogen-bond donors (Lipinski definition) is 1. The lowest BCUT2D eigenvalue weighted by Crippen LogP contribution is -2.51. The molecule has 1 aromatic carbocycles. The van der Waals surface area contributed by atoms with Gasteiger partial charge in [0.2, 0.25) is 5.78 Å². The van der Waals surface area contributed by atoms with E-state index < -0.39 is 11.6 Å². The molecule has 0 amide bonds. The third-order valence-electron chi connectivity index (χ3n) is 4.80. The van der Waals surface area contributed by atoms with Gasteiger partial charge in [0.05, 0.1) is 0 Å². The standard InChI is InChI=1S/C18H23ClN2O2/c1-17(2,11-20)10-15-21-18(12-6-3-4-7-13(12)19)9-5-8-14(23-15)16(18)22/h3-4,6-7,14H,5,8-11,20H2,1-2H3/t14-,18-/m1/s1. The van der Waals surface area contributed by atoms with Crippen LogP contribution >= 0.6 is 11.6 Å². The van der Waals surface area contributed by atoms with Crippen LogP contribution < -0.4 is 5.73 Å². The van der Waals surface area contributed by atoms with Crippen molar-refractivity contribution in [3.8, 4) is 0 Å². The van der Waals surface area contributed by atoms with Crippen molar-refractivity contribution in [2.45, 2.75) is 51.2 Å². The largest absolute Gasteiger partial charge is 0.470 e. The number of halogens is 1. The van der Waals surface area contributed by atoms with E-state index in [1.54, 1.807) is 0 Å². The molecule has 1 heterocycles. The van der Waals surface area contributed by atoms with Crippen LogP contribution in [0.25, 0.3) is 0 Å². The molecular weight excluding hydrogens is 312 g/mol. The number of carbonyl (C=O) groups excluding carboxylic acids is 1. The van der Waals surface area contributed by atoms with Crippen molar-refractivity contribution in [2.24, 2.45) is 16.1 Å². The first-order valence-corrected chi connectivity index (χ1v) is 8.50. The van der Waals surface area contributed by atoms with Gasteiger partial charge in [-0.1, -0.05) is 43.6 Å². The molecule has 0 aromatic heterocycles. The first kappa shape index (κ1) is 16.5. The fourth-order valence-electron chi connectivity index (χ4n) is 3.38. The van der Waals surface area contributed by atoms with Gasteiger partial charge >= 0.3 is 0 Å². The third kappa shape index (κ3) is 2.90. The number of nitrogens with zero attached hydrogens (tertiary/aromatic N) is 1. The second-order valence-electron chi connectivity index (χ2n) is 7.25. The Morgan fingerprint density at radius 1 is 1.43 bits per heavy atom. The molecule has 5 heteroatoms. The minimum atomic E-state index is -0.889. The second-order valence-corrected chi connectivity index (χ2v) is 7.66. The Labute approximate surface area is 142 Å². The van der Waals surface area contributed by atoms with Crippen LogP contribution in [0.3, 0.4) is 0 Å². The van der Waals surface area contributed by atoms with Crippen molar-refractivity contribution < 1.29 is 9.53 Å². The molecular formula is C18H23ClN2O2. The highest BCUT2D eigenvalue weighted by Gasteiger charge is 2.51. The molecule has 1 aliphatic heterocycles. The van der Waals surface area contributed by atoms with E-state index in [4.69, 9.17) is 27.1 Å². The number of Topliss-reactive ketones (excluding diaryl/α,β-unsaturated/α-hetero) is 1. The Hall–Kier alpha value is -1.39. The van der Waals surface area contributed by atoms with E-state index in [-0.39, 0.29) is 11.2 Å². The molecule has 4 nitrogen and oxygen atoms in total. The first-order chi connectivity index (χ1) is 10.9. The molecule has 2 N–H and O–H groups in total. The van der Waals surface area contributed by atoms with Gasteiger partial charge in [0.1, 0.15) is 0 Å². The van der Waals surface area contributed by atoms with Crippen molar-refractivity contribution >= 4 is 23.3 Å². The molecule has 3 rings (SSSR count). The third-order valence-corrected chi connectivity index (χ3v) is 5.13. The molecule has 1 fully saturated rings. The van der Waals surface area contributed by atoms with Crippen LogP contribution in [-0.4, -0.2) is 24.3 Å². The molecule has 1 saturated carbocycles. The summed E-state index contributed by atoms with van der Waals surface area (Å²) in [6.07, 6.45) is 2.54. The van der Waals surface area contributed by atoms with E-state index in [9.17, 15) is 4.79 Å². The monoisotopic (exact) mass is 334 g/mol.